The molecule has 0 aliphatic rings. The number of aryl methyl sites for hydroxylation is 1. The lowest BCUT2D eigenvalue weighted by Gasteiger charge is -2.08. The molecule has 2 rings (SSSR count). The van der Waals surface area contributed by atoms with E-state index in [0.717, 1.165) is 5.56 Å². The molecule has 0 aliphatic heterocycles. The Morgan fingerprint density at radius 2 is 1.95 bits per heavy atom. The molecule has 1 amide bonds. The summed E-state index contributed by atoms with van der Waals surface area (Å²) in [4.78, 5) is 23.1. The maximum absolute atomic E-state index is 11.6. The molecule has 0 bridgehead atoms. The van der Waals surface area contributed by atoms with Crippen LogP contribution in [0.15, 0.2) is 53.5 Å². The number of ether oxygens (including phenoxy) is 1. The first kappa shape index (κ1) is 15.6. The highest BCUT2D eigenvalue weighted by atomic mass is 16.5. The van der Waals surface area contributed by atoms with E-state index in [4.69, 9.17) is 4.74 Å². The van der Waals surface area contributed by atoms with Crippen molar-refractivity contribution < 1.29 is 14.6 Å². The van der Waals surface area contributed by atoms with Crippen LogP contribution in [-0.4, -0.2) is 22.3 Å². The summed E-state index contributed by atoms with van der Waals surface area (Å²) in [5.41, 5.74) is 0.484. The SMILES string of the molecule is O=C(NCCCn1cccc(O)c1=O)OCc1ccccc1. The highest BCUT2D eigenvalue weighted by Crippen LogP contribution is 2.01. The van der Waals surface area contributed by atoms with Crippen LogP contribution in [0, 0.1) is 0 Å². The average Bonchev–Trinajstić information content (AvgIpc) is 2.54. The van der Waals surface area contributed by atoms with Gasteiger partial charge in [0.25, 0.3) is 5.56 Å². The molecule has 0 radical (unpaired) electrons. The molecule has 1 aromatic heterocycles. The molecule has 0 fully saturated rings. The van der Waals surface area contributed by atoms with Gasteiger partial charge in [-0.25, -0.2) is 4.79 Å². The minimum absolute atomic E-state index is 0.221. The minimum Gasteiger partial charge on any atom is -0.503 e. The van der Waals surface area contributed by atoms with Crippen molar-refractivity contribution in [3.05, 3.63) is 64.6 Å². The number of nitrogens with zero attached hydrogens (tertiary/aromatic N) is 1. The fraction of sp³-hybridized carbons (Fsp3) is 0.250. The third kappa shape index (κ3) is 4.66. The Bertz CT molecular complexity index is 667. The largest absolute Gasteiger partial charge is 0.503 e. The standard InChI is InChI=1S/C16H18N2O4/c19-14-8-4-10-18(15(14)20)11-5-9-17-16(21)22-12-13-6-2-1-3-7-13/h1-4,6-8,10,19H,5,9,11-12H2,(H,17,21). The summed E-state index contributed by atoms with van der Waals surface area (Å²) in [7, 11) is 0. The van der Waals surface area contributed by atoms with Gasteiger partial charge in [-0.15, -0.1) is 0 Å². The number of aromatic nitrogens is 1. The van der Waals surface area contributed by atoms with Crippen LogP contribution < -0.4 is 10.9 Å². The first-order valence-corrected chi connectivity index (χ1v) is 7.00. The molecule has 2 aromatic rings. The van der Waals surface area contributed by atoms with Crippen LogP contribution in [-0.2, 0) is 17.9 Å². The van der Waals surface area contributed by atoms with Gasteiger partial charge in [-0.1, -0.05) is 30.3 Å². The van der Waals surface area contributed by atoms with Crippen LogP contribution in [0.1, 0.15) is 12.0 Å². The summed E-state index contributed by atoms with van der Waals surface area (Å²) in [6, 6.07) is 12.3. The molecule has 116 valence electrons. The summed E-state index contributed by atoms with van der Waals surface area (Å²) in [6.45, 7) is 1.01. The number of nitrogens with one attached hydrogen (secondary N) is 1. The molecule has 1 heterocycles. The van der Waals surface area contributed by atoms with Crippen LogP contribution >= 0.6 is 0 Å². The van der Waals surface area contributed by atoms with Crippen molar-refractivity contribution in [2.45, 2.75) is 19.6 Å². The van der Waals surface area contributed by atoms with Crippen LogP contribution in [0.25, 0.3) is 0 Å². The smallest absolute Gasteiger partial charge is 0.407 e. The monoisotopic (exact) mass is 302 g/mol. The highest BCUT2D eigenvalue weighted by Gasteiger charge is 2.03. The first-order chi connectivity index (χ1) is 10.7. The van der Waals surface area contributed by atoms with Crippen LogP contribution in [0.2, 0.25) is 0 Å². The van der Waals surface area contributed by atoms with Gasteiger partial charge < -0.3 is 19.7 Å². The van der Waals surface area contributed by atoms with Crippen LogP contribution in [0.3, 0.4) is 0 Å². The van der Waals surface area contributed by atoms with Crippen LogP contribution in [0.5, 0.6) is 5.75 Å². The maximum atomic E-state index is 11.6. The molecule has 2 N–H and O–H groups in total. The molecule has 0 unspecified atom stereocenters. The Labute approximate surface area is 128 Å². The summed E-state index contributed by atoms with van der Waals surface area (Å²) >= 11 is 0. The van der Waals surface area contributed by atoms with Crippen molar-refractivity contribution >= 4 is 6.09 Å². The van der Waals surface area contributed by atoms with E-state index in [2.05, 4.69) is 5.32 Å². The second kappa shape index (κ2) is 7.87. The zero-order valence-electron chi connectivity index (χ0n) is 12.1. The number of amides is 1. The molecule has 0 atom stereocenters. The molecule has 0 saturated carbocycles. The van der Waals surface area contributed by atoms with E-state index >= 15 is 0 Å². The molecule has 6 nitrogen and oxygen atoms in total. The van der Waals surface area contributed by atoms with E-state index in [-0.39, 0.29) is 12.4 Å². The van der Waals surface area contributed by atoms with Crippen molar-refractivity contribution in [2.24, 2.45) is 0 Å². The van der Waals surface area contributed by atoms with Crippen molar-refractivity contribution in [1.82, 2.24) is 9.88 Å². The molecular formula is C16H18N2O4. The second-order valence-corrected chi connectivity index (χ2v) is 4.73. The number of carbonyl (C=O) groups is 1. The Hall–Kier alpha value is -2.76. The average molecular weight is 302 g/mol. The van der Waals surface area contributed by atoms with Crippen molar-refractivity contribution in [2.75, 3.05) is 6.54 Å². The number of hydrogen-bond donors (Lipinski definition) is 2. The van der Waals surface area contributed by atoms with E-state index < -0.39 is 11.7 Å². The van der Waals surface area contributed by atoms with E-state index in [1.807, 2.05) is 30.3 Å². The fourth-order valence-corrected chi connectivity index (χ4v) is 1.91. The van der Waals surface area contributed by atoms with Crippen LogP contribution in [0.4, 0.5) is 4.79 Å². The van der Waals surface area contributed by atoms with Gasteiger partial charge in [0.2, 0.25) is 0 Å². The minimum atomic E-state index is -0.493. The Morgan fingerprint density at radius 1 is 1.18 bits per heavy atom. The van der Waals surface area contributed by atoms with Gasteiger partial charge in [-0.05, 0) is 24.1 Å². The number of carbonyl (C=O) groups excluding carboxylic acids is 1. The maximum Gasteiger partial charge on any atom is 0.407 e. The zero-order valence-corrected chi connectivity index (χ0v) is 12.1. The van der Waals surface area contributed by atoms with E-state index in [1.165, 1.54) is 10.6 Å². The van der Waals surface area contributed by atoms with Crippen molar-refractivity contribution in [3.63, 3.8) is 0 Å². The summed E-state index contributed by atoms with van der Waals surface area (Å²) in [6.07, 6.45) is 1.66. The number of benzene rings is 1. The van der Waals surface area contributed by atoms with E-state index in [1.54, 1.807) is 12.3 Å². The predicted octanol–water partition coefficient (Wildman–Crippen LogP) is 1.87. The van der Waals surface area contributed by atoms with Crippen molar-refractivity contribution in [1.29, 1.82) is 0 Å². The van der Waals surface area contributed by atoms with Gasteiger partial charge in [0, 0.05) is 19.3 Å². The van der Waals surface area contributed by atoms with Gasteiger partial charge in [0.05, 0.1) is 0 Å². The predicted molar refractivity (Wildman–Crippen MR) is 81.6 cm³/mol. The third-order valence-electron chi connectivity index (χ3n) is 3.06. The summed E-state index contributed by atoms with van der Waals surface area (Å²) in [5.74, 6) is -0.280. The molecule has 6 heteroatoms. The first-order valence-electron chi connectivity index (χ1n) is 7.00. The molecule has 0 spiro atoms. The number of hydrogen-bond acceptors (Lipinski definition) is 4. The lowest BCUT2D eigenvalue weighted by atomic mass is 10.2. The number of rotatable bonds is 6. The van der Waals surface area contributed by atoms with Gasteiger partial charge >= 0.3 is 6.09 Å². The second-order valence-electron chi connectivity index (χ2n) is 4.73. The zero-order chi connectivity index (χ0) is 15.8. The number of pyridine rings is 1. The molecule has 22 heavy (non-hydrogen) atoms. The van der Waals surface area contributed by atoms with Gasteiger partial charge in [0.1, 0.15) is 6.61 Å². The number of alkyl carbamates (subject to hydrolysis) is 1. The number of aromatic hydroxyl groups is 1. The molecule has 0 saturated heterocycles. The fourth-order valence-electron chi connectivity index (χ4n) is 1.91. The molecule has 1 aromatic carbocycles. The van der Waals surface area contributed by atoms with Gasteiger partial charge in [-0.3, -0.25) is 4.79 Å². The molecule has 0 aliphatic carbocycles. The third-order valence-corrected chi connectivity index (χ3v) is 3.06. The van der Waals surface area contributed by atoms with Gasteiger partial charge in [0.15, 0.2) is 5.75 Å². The van der Waals surface area contributed by atoms with Gasteiger partial charge in [-0.2, -0.15) is 0 Å². The van der Waals surface area contributed by atoms with E-state index in [0.29, 0.717) is 19.5 Å². The molecular weight excluding hydrogens is 284 g/mol. The Kier molecular flexibility index (Phi) is 5.59. The van der Waals surface area contributed by atoms with Crippen molar-refractivity contribution in [3.8, 4) is 5.75 Å². The quantitative estimate of drug-likeness (QED) is 0.798. The summed E-state index contributed by atoms with van der Waals surface area (Å²) in [5, 5.41) is 11.9. The Morgan fingerprint density at radius 3 is 2.73 bits per heavy atom. The summed E-state index contributed by atoms with van der Waals surface area (Å²) < 4.78 is 6.46. The van der Waals surface area contributed by atoms with E-state index in [9.17, 15) is 14.7 Å². The topological polar surface area (TPSA) is 80.6 Å². The lowest BCUT2D eigenvalue weighted by Crippen LogP contribution is -2.27. The lowest BCUT2D eigenvalue weighted by molar-refractivity contribution is 0.139. The highest BCUT2D eigenvalue weighted by molar-refractivity contribution is 5.67. The normalized spacial score (nSPS) is 10.2. The Balaban J connectivity index is 1.67.